The van der Waals surface area contributed by atoms with Gasteiger partial charge in [-0.1, -0.05) is 12.1 Å². The van der Waals surface area contributed by atoms with Crippen molar-refractivity contribution in [2.75, 3.05) is 30.1 Å². The van der Waals surface area contributed by atoms with Crippen LogP contribution in [0.15, 0.2) is 42.5 Å². The summed E-state index contributed by atoms with van der Waals surface area (Å²) in [5.41, 5.74) is 0.797. The minimum atomic E-state index is -4.12. The van der Waals surface area contributed by atoms with Crippen LogP contribution >= 0.6 is 0 Å². The maximum absolute atomic E-state index is 12.9. The van der Waals surface area contributed by atoms with Gasteiger partial charge in [-0.15, -0.1) is 0 Å². The van der Waals surface area contributed by atoms with E-state index in [1.54, 1.807) is 38.2 Å². The van der Waals surface area contributed by atoms with Crippen LogP contribution in [0.3, 0.4) is 0 Å². The molecule has 0 radical (unpaired) electrons. The van der Waals surface area contributed by atoms with E-state index in [1.807, 2.05) is 0 Å². The quantitative estimate of drug-likeness (QED) is 0.628. The van der Waals surface area contributed by atoms with Gasteiger partial charge in [-0.3, -0.25) is 14.4 Å². The number of fused-ring (bicyclic) bond motifs is 1. The average molecular weight is 461 g/mol. The number of sulfone groups is 1. The highest BCUT2D eigenvalue weighted by Gasteiger charge is 2.33. The lowest BCUT2D eigenvalue weighted by Crippen LogP contribution is -2.42. The SMILES string of the molecule is COc1ccccc1NC(=O)CS(=O)(=O)C(C)C(=O)c1ccc2c(c1)N(C)C(=O)C(C)O2. The molecule has 2 aromatic rings. The van der Waals surface area contributed by atoms with Crippen molar-refractivity contribution in [1.82, 2.24) is 0 Å². The molecule has 0 bridgehead atoms. The Morgan fingerprint density at radius 3 is 2.59 bits per heavy atom. The molecule has 1 aliphatic heterocycles. The first-order chi connectivity index (χ1) is 15.0. The minimum Gasteiger partial charge on any atom is -0.495 e. The second-order valence-corrected chi connectivity index (χ2v) is 9.72. The summed E-state index contributed by atoms with van der Waals surface area (Å²) in [6.45, 7) is 2.85. The van der Waals surface area contributed by atoms with Crippen molar-refractivity contribution in [2.24, 2.45) is 0 Å². The van der Waals surface area contributed by atoms with Gasteiger partial charge >= 0.3 is 0 Å². The van der Waals surface area contributed by atoms with Crippen LogP contribution in [-0.2, 0) is 19.4 Å². The molecular formula is C22H24N2O7S. The molecular weight excluding hydrogens is 436 g/mol. The highest BCUT2D eigenvalue weighted by Crippen LogP contribution is 2.34. The Morgan fingerprint density at radius 1 is 1.22 bits per heavy atom. The fourth-order valence-electron chi connectivity index (χ4n) is 3.30. The van der Waals surface area contributed by atoms with Crippen LogP contribution in [0.2, 0.25) is 0 Å². The number of anilines is 2. The molecule has 2 unspecified atom stereocenters. The van der Waals surface area contributed by atoms with Gasteiger partial charge in [-0.2, -0.15) is 0 Å². The molecule has 170 valence electrons. The Morgan fingerprint density at radius 2 is 1.91 bits per heavy atom. The molecule has 0 aliphatic carbocycles. The Kier molecular flexibility index (Phi) is 6.54. The first kappa shape index (κ1) is 23.3. The number of ether oxygens (including phenoxy) is 2. The van der Waals surface area contributed by atoms with Gasteiger partial charge in [0.1, 0.15) is 22.5 Å². The van der Waals surface area contributed by atoms with E-state index >= 15 is 0 Å². The van der Waals surface area contributed by atoms with E-state index in [0.29, 0.717) is 22.9 Å². The summed E-state index contributed by atoms with van der Waals surface area (Å²) in [4.78, 5) is 38.7. The molecule has 0 saturated carbocycles. The zero-order valence-electron chi connectivity index (χ0n) is 18.1. The van der Waals surface area contributed by atoms with Crippen molar-refractivity contribution < 1.29 is 32.3 Å². The van der Waals surface area contributed by atoms with Crippen molar-refractivity contribution in [3.63, 3.8) is 0 Å². The number of benzene rings is 2. The molecule has 2 aromatic carbocycles. The summed E-state index contributed by atoms with van der Waals surface area (Å²) in [6, 6.07) is 11.0. The molecule has 3 rings (SSSR count). The third-order valence-corrected chi connectivity index (χ3v) is 7.16. The van der Waals surface area contributed by atoms with Crippen molar-refractivity contribution >= 4 is 38.8 Å². The molecule has 1 N–H and O–H groups in total. The number of Topliss-reactive ketones (excluding diaryl/α,β-unsaturated/α-hetero) is 1. The Bertz CT molecular complexity index is 1180. The molecule has 2 atom stereocenters. The summed E-state index contributed by atoms with van der Waals surface area (Å²) >= 11 is 0. The molecule has 0 fully saturated rings. The fraction of sp³-hybridized carbons (Fsp3) is 0.318. The van der Waals surface area contributed by atoms with Crippen molar-refractivity contribution in [2.45, 2.75) is 25.2 Å². The zero-order chi connectivity index (χ0) is 23.6. The van der Waals surface area contributed by atoms with Gasteiger partial charge < -0.3 is 19.7 Å². The lowest BCUT2D eigenvalue weighted by molar-refractivity contribution is -0.125. The number of likely N-dealkylation sites (N-methyl/N-ethyl adjacent to an activating group) is 1. The lowest BCUT2D eigenvalue weighted by Gasteiger charge is -2.30. The summed E-state index contributed by atoms with van der Waals surface area (Å²) in [5, 5.41) is 1.03. The van der Waals surface area contributed by atoms with Crippen molar-refractivity contribution in [3.8, 4) is 11.5 Å². The van der Waals surface area contributed by atoms with Gasteiger partial charge in [0.25, 0.3) is 5.91 Å². The Labute approximate surface area is 186 Å². The van der Waals surface area contributed by atoms with E-state index in [1.165, 1.54) is 37.1 Å². The number of amides is 2. The number of nitrogens with zero attached hydrogens (tertiary/aromatic N) is 1. The maximum Gasteiger partial charge on any atom is 0.267 e. The monoisotopic (exact) mass is 460 g/mol. The third kappa shape index (κ3) is 4.59. The number of hydrogen-bond acceptors (Lipinski definition) is 7. The number of rotatable bonds is 7. The van der Waals surface area contributed by atoms with E-state index in [-0.39, 0.29) is 11.5 Å². The van der Waals surface area contributed by atoms with Gasteiger partial charge in [0, 0.05) is 12.6 Å². The highest BCUT2D eigenvalue weighted by molar-refractivity contribution is 7.93. The Balaban J connectivity index is 1.76. The molecule has 10 heteroatoms. The number of hydrogen-bond donors (Lipinski definition) is 1. The molecule has 1 aliphatic rings. The van der Waals surface area contributed by atoms with Gasteiger partial charge in [0.05, 0.1) is 18.5 Å². The van der Waals surface area contributed by atoms with Crippen LogP contribution in [0.1, 0.15) is 24.2 Å². The van der Waals surface area contributed by atoms with Gasteiger partial charge in [0.15, 0.2) is 21.7 Å². The largest absolute Gasteiger partial charge is 0.495 e. The minimum absolute atomic E-state index is 0.0998. The Hall–Kier alpha value is -3.40. The first-order valence-corrected chi connectivity index (χ1v) is 11.5. The molecule has 1 heterocycles. The van der Waals surface area contributed by atoms with Crippen LogP contribution in [0, 0.1) is 0 Å². The van der Waals surface area contributed by atoms with E-state index < -0.39 is 38.6 Å². The van der Waals surface area contributed by atoms with Crippen LogP contribution < -0.4 is 19.7 Å². The van der Waals surface area contributed by atoms with Gasteiger partial charge in [-0.25, -0.2) is 8.42 Å². The second-order valence-electron chi connectivity index (χ2n) is 7.40. The first-order valence-electron chi connectivity index (χ1n) is 9.82. The smallest absolute Gasteiger partial charge is 0.267 e. The third-order valence-electron chi connectivity index (χ3n) is 5.21. The molecule has 0 spiro atoms. The molecule has 32 heavy (non-hydrogen) atoms. The fourth-order valence-corrected chi connectivity index (χ4v) is 4.45. The maximum atomic E-state index is 12.9. The standard InChI is InChI=1S/C22H24N2O7S/c1-13-22(27)24(3)17-11-15(9-10-19(17)31-13)21(26)14(2)32(28,29)12-20(25)23-16-7-5-6-8-18(16)30-4/h5-11,13-14H,12H2,1-4H3,(H,23,25). The summed E-state index contributed by atoms with van der Waals surface area (Å²) in [7, 11) is -1.13. The number of para-hydroxylation sites is 2. The van der Waals surface area contributed by atoms with Crippen LogP contribution in [-0.4, -0.2) is 57.3 Å². The van der Waals surface area contributed by atoms with E-state index in [0.717, 1.165) is 0 Å². The van der Waals surface area contributed by atoms with Gasteiger partial charge in [0.2, 0.25) is 5.91 Å². The van der Waals surface area contributed by atoms with Crippen LogP contribution in [0.4, 0.5) is 11.4 Å². The summed E-state index contributed by atoms with van der Waals surface area (Å²) < 4.78 is 36.1. The lowest BCUT2D eigenvalue weighted by atomic mass is 10.1. The number of ketones is 1. The van der Waals surface area contributed by atoms with Crippen LogP contribution in [0.25, 0.3) is 0 Å². The van der Waals surface area contributed by atoms with E-state index in [2.05, 4.69) is 5.32 Å². The summed E-state index contributed by atoms with van der Waals surface area (Å²) in [6.07, 6.45) is -0.657. The number of carbonyl (C=O) groups excluding carboxylic acids is 3. The molecule has 0 saturated heterocycles. The normalized spacial score (nSPS) is 16.6. The zero-order valence-corrected chi connectivity index (χ0v) is 18.9. The highest BCUT2D eigenvalue weighted by atomic mass is 32.2. The summed E-state index contributed by atoms with van der Waals surface area (Å²) in [5.74, 6) is -1.82. The predicted octanol–water partition coefficient (Wildman–Crippen LogP) is 2.06. The topological polar surface area (TPSA) is 119 Å². The second kappa shape index (κ2) is 8.99. The average Bonchev–Trinajstić information content (AvgIpc) is 2.76. The number of methoxy groups -OCH3 is 1. The number of carbonyl (C=O) groups is 3. The molecule has 0 aromatic heterocycles. The van der Waals surface area contributed by atoms with Crippen LogP contribution in [0.5, 0.6) is 11.5 Å². The predicted molar refractivity (Wildman–Crippen MR) is 119 cm³/mol. The van der Waals surface area contributed by atoms with Gasteiger partial charge in [-0.05, 0) is 44.2 Å². The van der Waals surface area contributed by atoms with E-state index in [4.69, 9.17) is 9.47 Å². The van der Waals surface area contributed by atoms with E-state index in [9.17, 15) is 22.8 Å². The van der Waals surface area contributed by atoms with Crippen molar-refractivity contribution in [3.05, 3.63) is 48.0 Å². The number of nitrogens with one attached hydrogen (secondary N) is 1. The molecule has 9 nitrogen and oxygen atoms in total. The molecule has 2 amide bonds. The van der Waals surface area contributed by atoms with Crippen molar-refractivity contribution in [1.29, 1.82) is 0 Å².